The van der Waals surface area contributed by atoms with Crippen LogP contribution in [0.1, 0.15) is 17.7 Å². The van der Waals surface area contributed by atoms with E-state index in [1.165, 1.54) is 0 Å². The van der Waals surface area contributed by atoms with Crippen LogP contribution in [0, 0.1) is 0 Å². The summed E-state index contributed by atoms with van der Waals surface area (Å²) in [6.07, 6.45) is 2.73. The molecule has 0 bridgehead atoms. The second-order valence-corrected chi connectivity index (χ2v) is 5.58. The summed E-state index contributed by atoms with van der Waals surface area (Å²) in [7, 11) is 0. The Morgan fingerprint density at radius 3 is 2.94 bits per heavy atom. The summed E-state index contributed by atoms with van der Waals surface area (Å²) < 4.78 is 0.830. The Morgan fingerprint density at radius 1 is 1.33 bits per heavy atom. The van der Waals surface area contributed by atoms with Crippen molar-refractivity contribution in [3.05, 3.63) is 49.3 Å². The van der Waals surface area contributed by atoms with E-state index in [1.807, 2.05) is 12.1 Å². The Bertz CT molecular complexity index is 681. The largest absolute Gasteiger partial charge is 0.306 e. The van der Waals surface area contributed by atoms with Gasteiger partial charge in [-0.3, -0.25) is 4.79 Å². The van der Waals surface area contributed by atoms with Crippen LogP contribution >= 0.6 is 27.5 Å². The minimum atomic E-state index is -0.0217. The first-order valence-electron chi connectivity index (χ1n) is 5.72. The molecule has 1 N–H and O–H groups in total. The van der Waals surface area contributed by atoms with Crippen molar-refractivity contribution in [3.8, 4) is 11.4 Å². The van der Waals surface area contributed by atoms with E-state index in [0.29, 0.717) is 10.8 Å². The average molecular weight is 326 g/mol. The third kappa shape index (κ3) is 1.99. The zero-order chi connectivity index (χ0) is 12.7. The minimum absolute atomic E-state index is 0.0217. The molecule has 0 unspecified atom stereocenters. The normalized spacial score (nSPS) is 13.7. The number of hydrogen-bond acceptors (Lipinski definition) is 2. The van der Waals surface area contributed by atoms with Gasteiger partial charge < -0.3 is 4.98 Å². The molecular formula is C13H10BrClN2O. The molecule has 0 radical (unpaired) electrons. The lowest BCUT2D eigenvalue weighted by Crippen LogP contribution is -2.15. The SMILES string of the molecule is O=c1[nH]c(-c2ccc(Br)c(Cl)c2)nc2c1CCC2. The summed E-state index contributed by atoms with van der Waals surface area (Å²) in [5.41, 5.74) is 2.57. The van der Waals surface area contributed by atoms with Crippen LogP contribution in [-0.2, 0) is 12.8 Å². The van der Waals surface area contributed by atoms with Gasteiger partial charge in [-0.2, -0.15) is 0 Å². The highest BCUT2D eigenvalue weighted by Crippen LogP contribution is 2.27. The number of aryl methyl sites for hydroxylation is 1. The van der Waals surface area contributed by atoms with Crippen LogP contribution in [0.2, 0.25) is 5.02 Å². The van der Waals surface area contributed by atoms with Crippen LogP contribution in [0.5, 0.6) is 0 Å². The van der Waals surface area contributed by atoms with E-state index < -0.39 is 0 Å². The highest BCUT2D eigenvalue weighted by Gasteiger charge is 2.17. The smallest absolute Gasteiger partial charge is 0.254 e. The maximum absolute atomic E-state index is 11.9. The first-order chi connectivity index (χ1) is 8.65. The van der Waals surface area contributed by atoms with Crippen molar-refractivity contribution >= 4 is 27.5 Å². The molecule has 3 rings (SSSR count). The predicted octanol–water partition coefficient (Wildman–Crippen LogP) is 3.34. The molecule has 0 amide bonds. The van der Waals surface area contributed by atoms with Crippen LogP contribution in [0.25, 0.3) is 11.4 Å². The van der Waals surface area contributed by atoms with Crippen molar-refractivity contribution in [2.75, 3.05) is 0 Å². The van der Waals surface area contributed by atoms with Crippen LogP contribution in [0.4, 0.5) is 0 Å². The number of nitrogens with one attached hydrogen (secondary N) is 1. The van der Waals surface area contributed by atoms with Gasteiger partial charge in [-0.05, 0) is 47.3 Å². The van der Waals surface area contributed by atoms with Gasteiger partial charge in [0, 0.05) is 15.6 Å². The standard InChI is InChI=1S/C13H10BrClN2O/c14-9-5-4-7(6-10(9)15)12-16-11-3-1-2-8(11)13(18)17-12/h4-6H,1-3H2,(H,16,17,18). The van der Waals surface area contributed by atoms with Crippen molar-refractivity contribution in [1.29, 1.82) is 0 Å². The first-order valence-corrected chi connectivity index (χ1v) is 6.90. The summed E-state index contributed by atoms with van der Waals surface area (Å²) in [4.78, 5) is 19.3. The molecule has 0 atom stereocenters. The second kappa shape index (κ2) is 4.52. The van der Waals surface area contributed by atoms with Gasteiger partial charge >= 0.3 is 0 Å². The fourth-order valence-electron chi connectivity index (χ4n) is 2.22. The molecule has 5 heteroatoms. The molecule has 1 aromatic carbocycles. The van der Waals surface area contributed by atoms with Crippen molar-refractivity contribution in [1.82, 2.24) is 9.97 Å². The lowest BCUT2D eigenvalue weighted by Gasteiger charge is -2.05. The van der Waals surface area contributed by atoms with Gasteiger partial charge in [-0.1, -0.05) is 17.7 Å². The fraction of sp³-hybridized carbons (Fsp3) is 0.231. The Morgan fingerprint density at radius 2 is 2.17 bits per heavy atom. The molecule has 3 nitrogen and oxygen atoms in total. The van der Waals surface area contributed by atoms with Gasteiger partial charge in [0.05, 0.1) is 10.7 Å². The molecule has 0 aliphatic heterocycles. The number of benzene rings is 1. The average Bonchev–Trinajstić information content (AvgIpc) is 2.81. The Kier molecular flexibility index (Phi) is 2.99. The van der Waals surface area contributed by atoms with Crippen molar-refractivity contribution in [2.24, 2.45) is 0 Å². The monoisotopic (exact) mass is 324 g/mol. The molecular weight excluding hydrogens is 316 g/mol. The number of nitrogens with zero attached hydrogens (tertiary/aromatic N) is 1. The number of aromatic nitrogens is 2. The minimum Gasteiger partial charge on any atom is -0.306 e. The summed E-state index contributed by atoms with van der Waals surface area (Å²) in [6, 6.07) is 5.53. The van der Waals surface area contributed by atoms with Crippen molar-refractivity contribution in [2.45, 2.75) is 19.3 Å². The quantitative estimate of drug-likeness (QED) is 0.874. The molecule has 0 saturated heterocycles. The Labute approximate surface area is 117 Å². The topological polar surface area (TPSA) is 45.8 Å². The van der Waals surface area contributed by atoms with Crippen molar-refractivity contribution < 1.29 is 0 Å². The third-order valence-electron chi connectivity index (χ3n) is 3.13. The highest BCUT2D eigenvalue weighted by molar-refractivity contribution is 9.10. The van der Waals surface area contributed by atoms with Gasteiger partial charge in [0.2, 0.25) is 0 Å². The summed E-state index contributed by atoms with van der Waals surface area (Å²) in [5, 5.41) is 0.607. The van der Waals surface area contributed by atoms with Gasteiger partial charge in [0.1, 0.15) is 5.82 Å². The molecule has 1 aromatic heterocycles. The van der Waals surface area contributed by atoms with Crippen LogP contribution in [0.3, 0.4) is 0 Å². The molecule has 18 heavy (non-hydrogen) atoms. The van der Waals surface area contributed by atoms with Crippen molar-refractivity contribution in [3.63, 3.8) is 0 Å². The molecule has 2 aromatic rings. The number of H-pyrrole nitrogens is 1. The van der Waals surface area contributed by atoms with Crippen LogP contribution < -0.4 is 5.56 Å². The van der Waals surface area contributed by atoms with Gasteiger partial charge in [-0.15, -0.1) is 0 Å². The lowest BCUT2D eigenvalue weighted by molar-refractivity contribution is 0.899. The van der Waals surface area contributed by atoms with Gasteiger partial charge in [0.15, 0.2) is 0 Å². The number of aromatic amines is 1. The van der Waals surface area contributed by atoms with Gasteiger partial charge in [-0.25, -0.2) is 4.98 Å². The molecule has 0 fully saturated rings. The lowest BCUT2D eigenvalue weighted by atomic mass is 10.2. The zero-order valence-electron chi connectivity index (χ0n) is 9.46. The molecule has 0 saturated carbocycles. The molecule has 1 heterocycles. The molecule has 92 valence electrons. The Balaban J connectivity index is 2.15. The number of hydrogen-bond donors (Lipinski definition) is 1. The fourth-order valence-corrected chi connectivity index (χ4v) is 2.65. The number of halogens is 2. The predicted molar refractivity (Wildman–Crippen MR) is 75.0 cm³/mol. The van der Waals surface area contributed by atoms with E-state index in [4.69, 9.17) is 11.6 Å². The number of rotatable bonds is 1. The summed E-state index contributed by atoms with van der Waals surface area (Å²) in [6.45, 7) is 0. The highest BCUT2D eigenvalue weighted by atomic mass is 79.9. The second-order valence-electron chi connectivity index (χ2n) is 4.32. The van der Waals surface area contributed by atoms with E-state index in [0.717, 1.165) is 40.6 Å². The summed E-state index contributed by atoms with van der Waals surface area (Å²) in [5.74, 6) is 0.593. The first kappa shape index (κ1) is 11.9. The maximum atomic E-state index is 11.9. The van der Waals surface area contributed by atoms with E-state index in [2.05, 4.69) is 25.9 Å². The van der Waals surface area contributed by atoms with E-state index in [1.54, 1.807) is 6.07 Å². The van der Waals surface area contributed by atoms with Gasteiger partial charge in [0.25, 0.3) is 5.56 Å². The van der Waals surface area contributed by atoms with E-state index >= 15 is 0 Å². The summed E-state index contributed by atoms with van der Waals surface area (Å²) >= 11 is 9.40. The maximum Gasteiger partial charge on any atom is 0.254 e. The van der Waals surface area contributed by atoms with E-state index in [-0.39, 0.29) is 5.56 Å². The third-order valence-corrected chi connectivity index (χ3v) is 4.37. The van der Waals surface area contributed by atoms with Crippen LogP contribution in [0.15, 0.2) is 27.5 Å². The zero-order valence-corrected chi connectivity index (χ0v) is 11.8. The molecule has 0 spiro atoms. The van der Waals surface area contributed by atoms with E-state index in [9.17, 15) is 4.79 Å². The number of fused-ring (bicyclic) bond motifs is 1. The van der Waals surface area contributed by atoms with Crippen LogP contribution in [-0.4, -0.2) is 9.97 Å². The Hall–Kier alpha value is -1.13. The molecule has 1 aliphatic carbocycles. The molecule has 1 aliphatic rings.